The molecule has 4 heterocycles. The predicted octanol–water partition coefficient (Wildman–Crippen LogP) is 1.85. The van der Waals surface area contributed by atoms with Gasteiger partial charge in [0.15, 0.2) is 0 Å². The van der Waals surface area contributed by atoms with Crippen LogP contribution in [0.1, 0.15) is 36.9 Å². The molecule has 4 rings (SSSR count). The minimum absolute atomic E-state index is 0.00794. The Balaban J connectivity index is 1.70. The quantitative estimate of drug-likeness (QED) is 0.850. The number of carbonyl (C=O) groups is 2. The van der Waals surface area contributed by atoms with Crippen molar-refractivity contribution in [3.63, 3.8) is 0 Å². The molecule has 3 saturated heterocycles. The van der Waals surface area contributed by atoms with Crippen LogP contribution in [0, 0.1) is 12.8 Å². The van der Waals surface area contributed by atoms with Crippen molar-refractivity contribution in [2.24, 2.45) is 5.92 Å². The Labute approximate surface area is 135 Å². The van der Waals surface area contributed by atoms with E-state index in [1.165, 1.54) is 0 Å². The van der Waals surface area contributed by atoms with Crippen LogP contribution >= 0.6 is 11.3 Å². The Morgan fingerprint density at radius 2 is 2.23 bits per heavy atom. The van der Waals surface area contributed by atoms with E-state index in [4.69, 9.17) is 0 Å². The predicted molar refractivity (Wildman–Crippen MR) is 85.7 cm³/mol. The maximum atomic E-state index is 12.6. The Morgan fingerprint density at radius 3 is 2.91 bits per heavy atom. The highest BCUT2D eigenvalue weighted by Gasteiger charge is 2.41. The van der Waals surface area contributed by atoms with Gasteiger partial charge in [0.1, 0.15) is 0 Å². The average Bonchev–Trinajstić information content (AvgIpc) is 2.72. The smallest absolute Gasteiger partial charge is 0.228 e. The van der Waals surface area contributed by atoms with E-state index >= 15 is 0 Å². The van der Waals surface area contributed by atoms with Gasteiger partial charge in [-0.3, -0.25) is 9.59 Å². The number of hydrogen-bond acceptors (Lipinski definition) is 4. The largest absolute Gasteiger partial charge is 0.339 e. The number of aromatic nitrogens is 1. The van der Waals surface area contributed by atoms with E-state index in [1.807, 2.05) is 22.1 Å². The lowest BCUT2D eigenvalue weighted by atomic mass is 9.94. The van der Waals surface area contributed by atoms with Crippen LogP contribution in [0.5, 0.6) is 0 Å². The van der Waals surface area contributed by atoms with Gasteiger partial charge in [0.05, 0.1) is 23.0 Å². The van der Waals surface area contributed by atoms with Crippen molar-refractivity contribution >= 4 is 23.2 Å². The molecule has 120 valence electrons. The van der Waals surface area contributed by atoms with Gasteiger partial charge in [-0.2, -0.15) is 0 Å². The zero-order valence-electron chi connectivity index (χ0n) is 13.2. The summed E-state index contributed by atoms with van der Waals surface area (Å²) in [7, 11) is 0. The minimum Gasteiger partial charge on any atom is -0.339 e. The molecule has 3 fully saturated rings. The first kappa shape index (κ1) is 15.5. The lowest BCUT2D eigenvalue weighted by molar-refractivity contribution is -0.139. The molecule has 2 amide bonds. The molecular weight excluding hydrogens is 298 g/mol. The summed E-state index contributed by atoms with van der Waals surface area (Å²) in [5.41, 5.74) is 0.848. The van der Waals surface area contributed by atoms with Gasteiger partial charge in [0.25, 0.3) is 0 Å². The summed E-state index contributed by atoms with van der Waals surface area (Å²) in [6.45, 7) is 6.13. The Morgan fingerprint density at radius 1 is 1.41 bits per heavy atom. The first-order valence-electron chi connectivity index (χ1n) is 8.07. The molecule has 0 aliphatic carbocycles. The topological polar surface area (TPSA) is 53.5 Å². The molecule has 1 aromatic rings. The number of carbonyl (C=O) groups excluding carboxylic acids is 2. The Kier molecular flexibility index (Phi) is 4.47. The van der Waals surface area contributed by atoms with Crippen LogP contribution in [0.25, 0.3) is 0 Å². The third-order valence-electron chi connectivity index (χ3n) is 4.61. The molecule has 0 saturated carbocycles. The lowest BCUT2D eigenvalue weighted by Gasteiger charge is -2.35. The molecule has 3 aliphatic heterocycles. The van der Waals surface area contributed by atoms with E-state index < -0.39 is 0 Å². The van der Waals surface area contributed by atoms with Gasteiger partial charge in [-0.15, -0.1) is 11.3 Å². The lowest BCUT2D eigenvalue weighted by Crippen LogP contribution is -2.48. The maximum Gasteiger partial charge on any atom is 0.228 e. The van der Waals surface area contributed by atoms with Gasteiger partial charge < -0.3 is 9.80 Å². The molecule has 0 aromatic carbocycles. The highest BCUT2D eigenvalue weighted by atomic mass is 32.1. The van der Waals surface area contributed by atoms with Crippen LogP contribution < -0.4 is 0 Å². The highest BCUT2D eigenvalue weighted by Crippen LogP contribution is 2.29. The fraction of sp³-hybridized carbons (Fsp3) is 0.688. The number of thiazole rings is 1. The summed E-state index contributed by atoms with van der Waals surface area (Å²) in [6, 6.07) is 0.201. The van der Waals surface area contributed by atoms with Crippen LogP contribution in [-0.4, -0.2) is 52.3 Å². The fourth-order valence-electron chi connectivity index (χ4n) is 3.54. The third kappa shape index (κ3) is 3.02. The van der Waals surface area contributed by atoms with Crippen LogP contribution in [0.4, 0.5) is 0 Å². The molecule has 5 nitrogen and oxygen atoms in total. The van der Waals surface area contributed by atoms with Crippen LogP contribution in [0.2, 0.25) is 0 Å². The maximum absolute atomic E-state index is 12.6. The van der Waals surface area contributed by atoms with Gasteiger partial charge in [-0.25, -0.2) is 4.98 Å². The van der Waals surface area contributed by atoms with Crippen molar-refractivity contribution in [3.8, 4) is 0 Å². The summed E-state index contributed by atoms with van der Waals surface area (Å²) in [5, 5.41) is 2.94. The second-order valence-electron chi connectivity index (χ2n) is 6.29. The van der Waals surface area contributed by atoms with E-state index in [0.29, 0.717) is 19.5 Å². The summed E-state index contributed by atoms with van der Waals surface area (Å²) < 4.78 is 0. The minimum atomic E-state index is -0.00794. The van der Waals surface area contributed by atoms with Crippen molar-refractivity contribution in [3.05, 3.63) is 16.1 Å². The van der Waals surface area contributed by atoms with Gasteiger partial charge in [0, 0.05) is 31.1 Å². The number of fused-ring (bicyclic) bond motifs is 4. The van der Waals surface area contributed by atoms with Crippen molar-refractivity contribution in [1.82, 2.24) is 14.8 Å². The number of hydrogen-bond donors (Lipinski definition) is 0. The van der Waals surface area contributed by atoms with E-state index in [9.17, 15) is 9.59 Å². The number of piperidine rings is 1. The molecule has 3 aliphatic rings. The molecule has 0 spiro atoms. The van der Waals surface area contributed by atoms with Crippen molar-refractivity contribution in [2.75, 3.05) is 19.6 Å². The number of rotatable bonds is 4. The number of nitrogens with zero attached hydrogens (tertiary/aromatic N) is 3. The SMILES string of the molecule is CCCN1C(=O)[C@H]2CC[C@@H]1CN(C(=O)Cc1csc(C)n1)C2. The number of amides is 2. The van der Waals surface area contributed by atoms with Crippen molar-refractivity contribution < 1.29 is 9.59 Å². The first-order valence-corrected chi connectivity index (χ1v) is 8.95. The zero-order chi connectivity index (χ0) is 15.7. The highest BCUT2D eigenvalue weighted by molar-refractivity contribution is 7.09. The summed E-state index contributed by atoms with van der Waals surface area (Å²) in [6.07, 6.45) is 3.27. The Bertz CT molecular complexity index is 571. The second kappa shape index (κ2) is 6.36. The van der Waals surface area contributed by atoms with Gasteiger partial charge in [-0.05, 0) is 26.2 Å². The molecule has 0 N–H and O–H groups in total. The van der Waals surface area contributed by atoms with Crippen LogP contribution in [-0.2, 0) is 16.0 Å². The van der Waals surface area contributed by atoms with Gasteiger partial charge in [0.2, 0.25) is 11.8 Å². The van der Waals surface area contributed by atoms with E-state index in [0.717, 1.165) is 36.5 Å². The molecule has 0 unspecified atom stereocenters. The number of aryl methyl sites for hydroxylation is 1. The Hall–Kier alpha value is -1.43. The third-order valence-corrected chi connectivity index (χ3v) is 5.43. The first-order chi connectivity index (χ1) is 10.6. The molecule has 22 heavy (non-hydrogen) atoms. The van der Waals surface area contributed by atoms with Gasteiger partial charge >= 0.3 is 0 Å². The fourth-order valence-corrected chi connectivity index (χ4v) is 4.15. The molecular formula is C16H23N3O2S. The van der Waals surface area contributed by atoms with E-state index in [1.54, 1.807) is 11.3 Å². The summed E-state index contributed by atoms with van der Waals surface area (Å²) in [4.78, 5) is 33.4. The van der Waals surface area contributed by atoms with Crippen molar-refractivity contribution in [1.29, 1.82) is 0 Å². The van der Waals surface area contributed by atoms with E-state index in [-0.39, 0.29) is 23.8 Å². The monoisotopic (exact) mass is 321 g/mol. The van der Waals surface area contributed by atoms with Crippen LogP contribution in [0.3, 0.4) is 0 Å². The standard InChI is InChI=1S/C16H23N3O2S/c1-3-6-19-14-5-4-12(16(19)21)8-18(9-14)15(20)7-13-10-22-11(2)17-13/h10,12,14H,3-9H2,1-2H3/t12-,14+/m0/s1. The van der Waals surface area contributed by atoms with Gasteiger partial charge in [-0.1, -0.05) is 6.92 Å². The molecule has 2 bridgehead atoms. The zero-order valence-corrected chi connectivity index (χ0v) is 14.1. The van der Waals surface area contributed by atoms with Crippen molar-refractivity contribution in [2.45, 2.75) is 45.6 Å². The summed E-state index contributed by atoms with van der Waals surface area (Å²) >= 11 is 1.57. The van der Waals surface area contributed by atoms with E-state index in [2.05, 4.69) is 11.9 Å². The van der Waals surface area contributed by atoms with Crippen LogP contribution in [0.15, 0.2) is 5.38 Å². The molecule has 2 atom stereocenters. The second-order valence-corrected chi connectivity index (χ2v) is 7.36. The molecule has 1 aromatic heterocycles. The normalized spacial score (nSPS) is 24.7. The molecule has 0 radical (unpaired) electrons. The average molecular weight is 321 g/mol. The summed E-state index contributed by atoms with van der Waals surface area (Å²) in [5.74, 6) is 0.345. The molecule has 6 heteroatoms.